The van der Waals surface area contributed by atoms with Crippen LogP contribution in [-0.2, 0) is 14.3 Å². The molecule has 1 amide bonds. The van der Waals surface area contributed by atoms with Gasteiger partial charge in [0.1, 0.15) is 11.3 Å². The highest BCUT2D eigenvalue weighted by atomic mass is 35.5. The molecule has 0 aromatic heterocycles. The lowest BCUT2D eigenvalue weighted by molar-refractivity contribution is -0.150. The third kappa shape index (κ3) is 5.40. The van der Waals surface area contributed by atoms with Crippen LogP contribution in [0.5, 0.6) is 5.75 Å². The first-order valence-electron chi connectivity index (χ1n) is 7.40. The Morgan fingerprint density at radius 1 is 1.24 bits per heavy atom. The number of hydrogen-bond acceptors (Lipinski definition) is 5. The number of ether oxygens (including phenoxy) is 2. The van der Waals surface area contributed by atoms with Crippen molar-refractivity contribution >= 4 is 46.7 Å². The molecule has 0 bridgehead atoms. The van der Waals surface area contributed by atoms with E-state index in [9.17, 15) is 14.9 Å². The molecule has 0 aliphatic heterocycles. The minimum Gasteiger partial charge on any atom is -0.480 e. The smallest absolute Gasteiger partial charge is 0.344 e. The summed E-state index contributed by atoms with van der Waals surface area (Å²) in [5.41, 5.74) is -0.937. The van der Waals surface area contributed by atoms with E-state index in [2.05, 4.69) is 11.4 Å². The molecule has 0 radical (unpaired) electrons. The second-order valence-corrected chi connectivity index (χ2v) is 7.00. The molecule has 0 heterocycles. The molecule has 1 aliphatic carbocycles. The summed E-state index contributed by atoms with van der Waals surface area (Å²) in [5, 5.41) is 12.4. The molecular formula is C16H15Cl3N2O4. The average Bonchev–Trinajstić information content (AvgIpc) is 3.40. The molecule has 0 saturated heterocycles. The molecule has 1 aromatic carbocycles. The molecule has 6 nitrogen and oxygen atoms in total. The summed E-state index contributed by atoms with van der Waals surface area (Å²) in [6.45, 7) is 0.699. The van der Waals surface area contributed by atoms with Crippen molar-refractivity contribution in [3.8, 4) is 11.8 Å². The summed E-state index contributed by atoms with van der Waals surface area (Å²) in [7, 11) is 0. The molecule has 1 fully saturated rings. The topological polar surface area (TPSA) is 88.4 Å². The Morgan fingerprint density at radius 2 is 1.88 bits per heavy atom. The van der Waals surface area contributed by atoms with E-state index in [1.165, 1.54) is 12.1 Å². The minimum atomic E-state index is -0.937. The van der Waals surface area contributed by atoms with Gasteiger partial charge in [-0.05, 0) is 31.7 Å². The second kappa shape index (κ2) is 8.13. The van der Waals surface area contributed by atoms with E-state index in [1.54, 1.807) is 6.92 Å². The van der Waals surface area contributed by atoms with Gasteiger partial charge in [0.05, 0.1) is 21.1 Å². The van der Waals surface area contributed by atoms with Crippen LogP contribution in [0.15, 0.2) is 12.1 Å². The van der Waals surface area contributed by atoms with Gasteiger partial charge in [0, 0.05) is 6.07 Å². The Hall–Kier alpha value is -1.68. The fourth-order valence-electron chi connectivity index (χ4n) is 2.15. The largest absolute Gasteiger partial charge is 0.480 e. The minimum absolute atomic E-state index is 0.136. The predicted molar refractivity (Wildman–Crippen MR) is 92.8 cm³/mol. The van der Waals surface area contributed by atoms with Crippen molar-refractivity contribution in [2.75, 3.05) is 13.2 Å². The molecule has 0 unspecified atom stereocenters. The number of rotatable bonds is 7. The van der Waals surface area contributed by atoms with Crippen LogP contribution in [0.4, 0.5) is 0 Å². The zero-order valence-corrected chi connectivity index (χ0v) is 15.5. The second-order valence-electron chi connectivity index (χ2n) is 5.78. The third-order valence-corrected chi connectivity index (χ3v) is 4.73. The van der Waals surface area contributed by atoms with Gasteiger partial charge in [0.2, 0.25) is 0 Å². The van der Waals surface area contributed by atoms with Gasteiger partial charge >= 0.3 is 5.97 Å². The number of hydrogen-bond donors (Lipinski definition) is 1. The summed E-state index contributed by atoms with van der Waals surface area (Å²) in [6, 6.07) is 4.85. The quantitative estimate of drug-likeness (QED) is 0.555. The first kappa shape index (κ1) is 19.6. The van der Waals surface area contributed by atoms with Crippen molar-refractivity contribution in [2.24, 2.45) is 5.92 Å². The average molecular weight is 406 g/mol. The van der Waals surface area contributed by atoms with E-state index in [0.29, 0.717) is 0 Å². The van der Waals surface area contributed by atoms with Crippen molar-refractivity contribution in [1.29, 1.82) is 5.26 Å². The maximum absolute atomic E-state index is 11.8. The third-order valence-electron chi connectivity index (χ3n) is 3.71. The van der Waals surface area contributed by atoms with Crippen molar-refractivity contribution in [2.45, 2.75) is 25.3 Å². The molecule has 25 heavy (non-hydrogen) atoms. The number of nitrogens with one attached hydrogen (secondary N) is 1. The van der Waals surface area contributed by atoms with Crippen LogP contribution in [0.1, 0.15) is 19.8 Å². The molecular weight excluding hydrogens is 391 g/mol. The maximum Gasteiger partial charge on any atom is 0.344 e. The molecule has 1 N–H and O–H groups in total. The highest BCUT2D eigenvalue weighted by Crippen LogP contribution is 2.39. The van der Waals surface area contributed by atoms with Crippen molar-refractivity contribution in [3.05, 3.63) is 27.2 Å². The molecule has 1 atom stereocenters. The molecule has 9 heteroatoms. The van der Waals surface area contributed by atoms with Gasteiger partial charge in [0.15, 0.2) is 13.2 Å². The van der Waals surface area contributed by atoms with Crippen LogP contribution in [-0.4, -0.2) is 30.6 Å². The highest BCUT2D eigenvalue weighted by molar-refractivity contribution is 6.43. The van der Waals surface area contributed by atoms with Crippen LogP contribution in [0.25, 0.3) is 0 Å². The highest BCUT2D eigenvalue weighted by Gasteiger charge is 2.43. The van der Waals surface area contributed by atoms with Gasteiger partial charge < -0.3 is 14.8 Å². The van der Waals surface area contributed by atoms with E-state index in [1.807, 2.05) is 0 Å². The van der Waals surface area contributed by atoms with Crippen molar-refractivity contribution in [3.63, 3.8) is 0 Å². The summed E-state index contributed by atoms with van der Waals surface area (Å²) < 4.78 is 10.0. The number of nitrogens with zero attached hydrogens (tertiary/aromatic N) is 1. The Kier molecular flexibility index (Phi) is 6.39. The Morgan fingerprint density at radius 3 is 2.48 bits per heavy atom. The Bertz CT molecular complexity index is 731. The number of esters is 1. The van der Waals surface area contributed by atoms with Crippen LogP contribution in [0.2, 0.25) is 15.1 Å². The molecule has 0 spiro atoms. The first-order chi connectivity index (χ1) is 11.7. The fourth-order valence-corrected chi connectivity index (χ4v) is 2.74. The first-order valence-corrected chi connectivity index (χ1v) is 8.54. The number of amides is 1. The van der Waals surface area contributed by atoms with Crippen LogP contribution < -0.4 is 10.1 Å². The zero-order valence-electron chi connectivity index (χ0n) is 13.3. The molecule has 1 aliphatic rings. The molecule has 1 saturated carbocycles. The van der Waals surface area contributed by atoms with Crippen LogP contribution in [0.3, 0.4) is 0 Å². The van der Waals surface area contributed by atoms with Gasteiger partial charge in [0.25, 0.3) is 5.91 Å². The number of carbonyl (C=O) groups excluding carboxylic acids is 2. The molecule has 134 valence electrons. The zero-order chi connectivity index (χ0) is 18.6. The Balaban J connectivity index is 1.78. The SMILES string of the molecule is C[C@](C#N)(NC(=O)COC(=O)COc1cc(Cl)c(Cl)cc1Cl)C1CC1. The summed E-state index contributed by atoms with van der Waals surface area (Å²) in [4.78, 5) is 23.5. The van der Waals surface area contributed by atoms with E-state index in [4.69, 9.17) is 44.3 Å². The number of benzene rings is 1. The van der Waals surface area contributed by atoms with E-state index < -0.39 is 30.6 Å². The van der Waals surface area contributed by atoms with Gasteiger partial charge in [-0.2, -0.15) is 5.26 Å². The van der Waals surface area contributed by atoms with Gasteiger partial charge in [-0.25, -0.2) is 4.79 Å². The van der Waals surface area contributed by atoms with Gasteiger partial charge in [-0.1, -0.05) is 34.8 Å². The van der Waals surface area contributed by atoms with E-state index in [0.717, 1.165) is 12.8 Å². The summed E-state index contributed by atoms with van der Waals surface area (Å²) >= 11 is 17.6. The number of nitriles is 1. The van der Waals surface area contributed by atoms with E-state index in [-0.39, 0.29) is 26.7 Å². The van der Waals surface area contributed by atoms with Crippen molar-refractivity contribution in [1.82, 2.24) is 5.32 Å². The molecule has 1 aromatic rings. The monoisotopic (exact) mass is 404 g/mol. The van der Waals surface area contributed by atoms with Crippen LogP contribution in [0, 0.1) is 17.2 Å². The lowest BCUT2D eigenvalue weighted by Gasteiger charge is -2.22. The van der Waals surface area contributed by atoms with Crippen LogP contribution >= 0.6 is 34.8 Å². The van der Waals surface area contributed by atoms with Crippen molar-refractivity contribution < 1.29 is 19.1 Å². The van der Waals surface area contributed by atoms with E-state index >= 15 is 0 Å². The molecule has 2 rings (SSSR count). The standard InChI is InChI=1S/C16H15Cl3N2O4/c1-16(8-20,9-2-3-9)21-14(22)6-25-15(23)7-24-13-5-11(18)10(17)4-12(13)19/h4-5,9H,2-3,6-7H2,1H3,(H,21,22)/t16-/m1/s1. The Labute approximate surface area is 159 Å². The normalized spacial score (nSPS) is 15.6. The number of carbonyl (C=O) groups is 2. The van der Waals surface area contributed by atoms with Gasteiger partial charge in [-0.3, -0.25) is 4.79 Å². The summed E-state index contributed by atoms with van der Waals surface area (Å²) in [6.07, 6.45) is 1.78. The predicted octanol–water partition coefficient (Wildman–Crippen LogP) is 3.38. The van der Waals surface area contributed by atoms with Gasteiger partial charge in [-0.15, -0.1) is 0 Å². The fraction of sp³-hybridized carbons (Fsp3) is 0.438. The summed E-state index contributed by atoms with van der Waals surface area (Å²) in [5.74, 6) is -1.00. The lowest BCUT2D eigenvalue weighted by Crippen LogP contribution is -2.48. The lowest BCUT2D eigenvalue weighted by atomic mass is 9.98. The number of halogens is 3. The maximum atomic E-state index is 11.8.